The molecular weight excluding hydrogens is 490 g/mol. The van der Waals surface area contributed by atoms with Crippen LogP contribution in [0, 0.1) is 6.92 Å². The number of carbonyl (C=O) groups is 1. The van der Waals surface area contributed by atoms with E-state index in [1.165, 1.54) is 11.3 Å². The molecule has 0 N–H and O–H groups in total. The molecule has 36 heavy (non-hydrogen) atoms. The molecule has 1 aromatic heterocycles. The van der Waals surface area contributed by atoms with Gasteiger partial charge in [-0.2, -0.15) is 0 Å². The van der Waals surface area contributed by atoms with Gasteiger partial charge in [-0.3, -0.25) is 14.6 Å². The molecule has 0 spiro atoms. The number of halogens is 1. The highest BCUT2D eigenvalue weighted by atomic mass is 35.5. The number of hydrogen-bond donors (Lipinski definition) is 0. The van der Waals surface area contributed by atoms with Crippen LogP contribution in [0.3, 0.4) is 0 Å². The molecule has 0 unspecified atom stereocenters. The fraction of sp³-hybridized carbons (Fsp3) is 0.310. The minimum Gasteiger partial charge on any atom is -0.379 e. The van der Waals surface area contributed by atoms with Crippen LogP contribution in [0.2, 0.25) is 5.02 Å². The Labute approximate surface area is 221 Å². The summed E-state index contributed by atoms with van der Waals surface area (Å²) in [4.78, 5) is 23.6. The van der Waals surface area contributed by atoms with Crippen molar-refractivity contribution in [2.75, 3.05) is 44.3 Å². The van der Waals surface area contributed by atoms with Crippen LogP contribution >= 0.6 is 22.9 Å². The number of aromatic nitrogens is 1. The van der Waals surface area contributed by atoms with Crippen LogP contribution in [-0.4, -0.2) is 55.2 Å². The lowest BCUT2D eigenvalue weighted by Crippen LogP contribution is -2.40. The van der Waals surface area contributed by atoms with Gasteiger partial charge in [0.25, 0.3) is 0 Å². The Hall–Kier alpha value is -2.77. The number of amides is 1. The summed E-state index contributed by atoms with van der Waals surface area (Å²) >= 11 is 8.03. The number of anilines is 1. The third-order valence-electron chi connectivity index (χ3n) is 6.66. The highest BCUT2D eigenvalue weighted by Gasteiger charge is 2.30. The molecule has 0 atom stereocenters. The molecule has 5 nitrogen and oxygen atoms in total. The minimum atomic E-state index is -0.417. The van der Waals surface area contributed by atoms with Gasteiger partial charge in [-0.25, -0.2) is 4.98 Å². The third-order valence-corrected chi connectivity index (χ3v) is 8.19. The molecule has 1 fully saturated rings. The van der Waals surface area contributed by atoms with Crippen molar-refractivity contribution in [1.29, 1.82) is 0 Å². The molecule has 1 amide bonds. The first-order valence-corrected chi connectivity index (χ1v) is 13.6. The van der Waals surface area contributed by atoms with Gasteiger partial charge in [0.1, 0.15) is 0 Å². The number of aryl methyl sites for hydroxylation is 1. The fourth-order valence-electron chi connectivity index (χ4n) is 4.71. The summed E-state index contributed by atoms with van der Waals surface area (Å²) in [6, 6.07) is 23.9. The second-order valence-electron chi connectivity index (χ2n) is 9.09. The second-order valence-corrected chi connectivity index (χ2v) is 10.5. The lowest BCUT2D eigenvalue weighted by atomic mass is 9.90. The van der Waals surface area contributed by atoms with Gasteiger partial charge in [-0.15, -0.1) is 0 Å². The third kappa shape index (κ3) is 5.47. The summed E-state index contributed by atoms with van der Waals surface area (Å²) in [6.45, 7) is 6.93. The first-order valence-electron chi connectivity index (χ1n) is 12.4. The van der Waals surface area contributed by atoms with Gasteiger partial charge in [0, 0.05) is 26.2 Å². The van der Waals surface area contributed by atoms with E-state index in [0.29, 0.717) is 16.7 Å². The van der Waals surface area contributed by atoms with Gasteiger partial charge in [0.2, 0.25) is 5.91 Å². The molecule has 2 heterocycles. The van der Waals surface area contributed by atoms with Crippen LogP contribution in [0.1, 0.15) is 29.0 Å². The maximum atomic E-state index is 14.4. The standard InChI is InChI=1S/C29H30ClN3O2S/c1-21-13-14-24(30)27-26(21)31-29(36-27)33(16-8-15-32-17-19-35-20-18-32)28(34)25(22-9-4-2-5-10-22)23-11-6-3-7-12-23/h2-7,9-14,25H,8,15-20H2,1H3. The molecule has 0 saturated carbocycles. The molecule has 0 aliphatic carbocycles. The average Bonchev–Trinajstić information content (AvgIpc) is 3.37. The summed E-state index contributed by atoms with van der Waals surface area (Å²) in [7, 11) is 0. The van der Waals surface area contributed by atoms with Crippen molar-refractivity contribution >= 4 is 44.2 Å². The average molecular weight is 520 g/mol. The van der Waals surface area contributed by atoms with Crippen LogP contribution in [0.5, 0.6) is 0 Å². The zero-order valence-corrected chi connectivity index (χ0v) is 22.0. The number of benzene rings is 3. The predicted octanol–water partition coefficient (Wildman–Crippen LogP) is 6.15. The molecule has 5 rings (SSSR count). The van der Waals surface area contributed by atoms with Crippen LogP contribution in [0.4, 0.5) is 5.13 Å². The van der Waals surface area contributed by atoms with Gasteiger partial charge in [0.15, 0.2) is 5.13 Å². The van der Waals surface area contributed by atoms with Crippen LogP contribution in [0.25, 0.3) is 10.2 Å². The fourth-order valence-corrected chi connectivity index (χ4v) is 6.06. The smallest absolute Gasteiger partial charge is 0.240 e. The Balaban J connectivity index is 1.51. The summed E-state index contributed by atoms with van der Waals surface area (Å²) in [6.07, 6.45) is 0.852. The molecule has 1 aliphatic rings. The van der Waals surface area contributed by atoms with Crippen LogP contribution in [-0.2, 0) is 9.53 Å². The van der Waals surface area contributed by atoms with E-state index >= 15 is 0 Å². The van der Waals surface area contributed by atoms with E-state index in [-0.39, 0.29) is 5.91 Å². The number of nitrogens with zero attached hydrogens (tertiary/aromatic N) is 3. The van der Waals surface area contributed by atoms with Crippen molar-refractivity contribution < 1.29 is 9.53 Å². The molecule has 1 saturated heterocycles. The van der Waals surface area contributed by atoms with E-state index in [4.69, 9.17) is 21.3 Å². The second kappa shape index (κ2) is 11.5. The largest absolute Gasteiger partial charge is 0.379 e. The highest BCUT2D eigenvalue weighted by molar-refractivity contribution is 7.23. The van der Waals surface area contributed by atoms with E-state index in [1.54, 1.807) is 0 Å². The summed E-state index contributed by atoms with van der Waals surface area (Å²) in [5.74, 6) is -0.387. The Morgan fingerprint density at radius 2 is 1.67 bits per heavy atom. The SMILES string of the molecule is Cc1ccc(Cl)c2sc(N(CCCN3CCOCC3)C(=O)C(c3ccccc3)c3ccccc3)nc12. The van der Waals surface area contributed by atoms with E-state index < -0.39 is 5.92 Å². The number of ether oxygens (including phenoxy) is 1. The van der Waals surface area contributed by atoms with E-state index in [1.807, 2.05) is 84.6 Å². The Morgan fingerprint density at radius 3 is 2.28 bits per heavy atom. The number of rotatable bonds is 8. The molecule has 1 aliphatic heterocycles. The van der Waals surface area contributed by atoms with Crippen molar-refractivity contribution in [3.8, 4) is 0 Å². The van der Waals surface area contributed by atoms with Crippen molar-refractivity contribution in [2.24, 2.45) is 0 Å². The number of hydrogen-bond acceptors (Lipinski definition) is 5. The van der Waals surface area contributed by atoms with E-state index in [2.05, 4.69) is 4.90 Å². The first-order chi connectivity index (χ1) is 17.6. The molecule has 186 valence electrons. The number of morpholine rings is 1. The Morgan fingerprint density at radius 1 is 1.03 bits per heavy atom. The topological polar surface area (TPSA) is 45.7 Å². The van der Waals surface area contributed by atoms with Crippen molar-refractivity contribution in [1.82, 2.24) is 9.88 Å². The van der Waals surface area contributed by atoms with E-state index in [0.717, 1.165) is 66.2 Å². The van der Waals surface area contributed by atoms with Gasteiger partial charge < -0.3 is 4.74 Å². The lowest BCUT2D eigenvalue weighted by Gasteiger charge is -2.29. The van der Waals surface area contributed by atoms with Gasteiger partial charge in [-0.05, 0) is 36.1 Å². The zero-order chi connectivity index (χ0) is 24.9. The predicted molar refractivity (Wildman–Crippen MR) is 148 cm³/mol. The quantitative estimate of drug-likeness (QED) is 0.280. The van der Waals surface area contributed by atoms with Gasteiger partial charge in [-0.1, -0.05) is 89.7 Å². The Bertz CT molecular complexity index is 1230. The molecular formula is C29H30ClN3O2S. The zero-order valence-electron chi connectivity index (χ0n) is 20.4. The van der Waals surface area contributed by atoms with Crippen LogP contribution in [0.15, 0.2) is 72.8 Å². The van der Waals surface area contributed by atoms with Crippen molar-refractivity contribution in [3.63, 3.8) is 0 Å². The highest BCUT2D eigenvalue weighted by Crippen LogP contribution is 2.37. The summed E-state index contributed by atoms with van der Waals surface area (Å²) in [5.41, 5.74) is 3.87. The Kier molecular flexibility index (Phi) is 7.97. The number of carbonyl (C=O) groups excluding carboxylic acids is 1. The van der Waals surface area contributed by atoms with Gasteiger partial charge in [0.05, 0.1) is 34.4 Å². The van der Waals surface area contributed by atoms with Crippen molar-refractivity contribution in [2.45, 2.75) is 19.3 Å². The molecule has 0 radical (unpaired) electrons. The number of thiazole rings is 1. The van der Waals surface area contributed by atoms with Crippen LogP contribution < -0.4 is 4.90 Å². The summed E-state index contributed by atoms with van der Waals surface area (Å²) < 4.78 is 6.42. The normalized spacial score (nSPS) is 14.4. The monoisotopic (exact) mass is 519 g/mol. The minimum absolute atomic E-state index is 0.0298. The molecule has 4 aromatic rings. The molecule has 7 heteroatoms. The number of fused-ring (bicyclic) bond motifs is 1. The molecule has 0 bridgehead atoms. The first kappa shape index (κ1) is 24.9. The maximum absolute atomic E-state index is 14.4. The van der Waals surface area contributed by atoms with E-state index in [9.17, 15) is 4.79 Å². The van der Waals surface area contributed by atoms with Gasteiger partial charge >= 0.3 is 0 Å². The summed E-state index contributed by atoms with van der Waals surface area (Å²) in [5, 5.41) is 1.37. The maximum Gasteiger partial charge on any atom is 0.240 e. The lowest BCUT2D eigenvalue weighted by molar-refractivity contribution is -0.119. The van der Waals surface area contributed by atoms with Crippen molar-refractivity contribution in [3.05, 3.63) is 94.5 Å². The molecule has 3 aromatic carbocycles.